The van der Waals surface area contributed by atoms with Crippen LogP contribution in [0, 0.1) is 10.1 Å². The average Bonchev–Trinajstić information content (AvgIpc) is 2.49. The van der Waals surface area contributed by atoms with Crippen molar-refractivity contribution in [3.8, 4) is 5.75 Å². The van der Waals surface area contributed by atoms with Gasteiger partial charge >= 0.3 is 0 Å². The zero-order valence-corrected chi connectivity index (χ0v) is 13.4. The number of benzene rings is 2. The van der Waals surface area contributed by atoms with Crippen molar-refractivity contribution < 1.29 is 14.8 Å². The molecule has 120 valence electrons. The number of aromatic hydroxyl groups is 1. The van der Waals surface area contributed by atoms with Crippen LogP contribution in [0.5, 0.6) is 5.75 Å². The van der Waals surface area contributed by atoms with Crippen molar-refractivity contribution >= 4 is 40.6 Å². The van der Waals surface area contributed by atoms with Crippen LogP contribution < -0.4 is 5.32 Å². The van der Waals surface area contributed by atoms with Gasteiger partial charge in [0, 0.05) is 22.9 Å². The Labute approximate surface area is 141 Å². The zero-order chi connectivity index (χ0) is 16.8. The summed E-state index contributed by atoms with van der Waals surface area (Å²) in [5.41, 5.74) is 0.811. The van der Waals surface area contributed by atoms with E-state index in [0.717, 1.165) is 11.6 Å². The lowest BCUT2D eigenvalue weighted by Crippen LogP contribution is -2.14. The molecule has 0 radical (unpaired) electrons. The number of hydrogen-bond acceptors (Lipinski definition) is 5. The highest BCUT2D eigenvalue weighted by molar-refractivity contribution is 7.99. The standard InChI is InChI=1S/C15H13ClN2O4S/c16-11-3-1-2-10(6-11)8-23-9-15(20)17-13-7-12(18(21)22)4-5-14(13)19/h1-7,19H,8-9H2,(H,17,20). The van der Waals surface area contributed by atoms with Crippen LogP contribution in [0.15, 0.2) is 42.5 Å². The van der Waals surface area contributed by atoms with Crippen molar-refractivity contribution in [3.63, 3.8) is 0 Å². The molecule has 0 saturated carbocycles. The van der Waals surface area contributed by atoms with E-state index in [1.807, 2.05) is 18.2 Å². The summed E-state index contributed by atoms with van der Waals surface area (Å²) in [5.74, 6) is 0.181. The number of thioether (sulfide) groups is 1. The van der Waals surface area contributed by atoms with Gasteiger partial charge in [0.2, 0.25) is 5.91 Å². The van der Waals surface area contributed by atoms with E-state index >= 15 is 0 Å². The molecule has 23 heavy (non-hydrogen) atoms. The van der Waals surface area contributed by atoms with E-state index in [4.69, 9.17) is 11.6 Å². The maximum atomic E-state index is 11.9. The van der Waals surface area contributed by atoms with Crippen LogP contribution in [0.2, 0.25) is 5.02 Å². The van der Waals surface area contributed by atoms with Crippen LogP contribution in [-0.4, -0.2) is 21.7 Å². The predicted molar refractivity (Wildman–Crippen MR) is 91.0 cm³/mol. The topological polar surface area (TPSA) is 92.5 Å². The summed E-state index contributed by atoms with van der Waals surface area (Å²) >= 11 is 7.25. The number of rotatable bonds is 6. The molecule has 2 aromatic carbocycles. The Morgan fingerprint density at radius 1 is 1.30 bits per heavy atom. The Hall–Kier alpha value is -2.25. The number of carbonyl (C=O) groups excluding carboxylic acids is 1. The fraction of sp³-hybridized carbons (Fsp3) is 0.133. The molecule has 1 amide bonds. The molecule has 8 heteroatoms. The van der Waals surface area contributed by atoms with Crippen molar-refractivity contribution in [2.75, 3.05) is 11.1 Å². The minimum absolute atomic E-state index is 0.0209. The number of halogens is 1. The molecule has 0 unspecified atom stereocenters. The van der Waals surface area contributed by atoms with E-state index in [1.165, 1.54) is 23.9 Å². The van der Waals surface area contributed by atoms with E-state index < -0.39 is 4.92 Å². The third kappa shape index (κ3) is 5.15. The second kappa shape index (κ2) is 7.85. The highest BCUT2D eigenvalue weighted by Crippen LogP contribution is 2.28. The molecule has 2 N–H and O–H groups in total. The summed E-state index contributed by atoms with van der Waals surface area (Å²) in [6.07, 6.45) is 0. The second-order valence-electron chi connectivity index (χ2n) is 4.63. The first kappa shape index (κ1) is 17.1. The fourth-order valence-electron chi connectivity index (χ4n) is 1.81. The number of non-ortho nitro benzene ring substituents is 1. The first-order valence-corrected chi connectivity index (χ1v) is 8.08. The van der Waals surface area contributed by atoms with Crippen LogP contribution in [0.25, 0.3) is 0 Å². The zero-order valence-electron chi connectivity index (χ0n) is 11.9. The van der Waals surface area contributed by atoms with Gasteiger partial charge in [0.25, 0.3) is 5.69 Å². The van der Waals surface area contributed by atoms with E-state index in [2.05, 4.69) is 5.32 Å². The molecule has 0 bridgehead atoms. The Balaban J connectivity index is 1.90. The molecule has 0 aromatic heterocycles. The monoisotopic (exact) mass is 352 g/mol. The van der Waals surface area contributed by atoms with E-state index in [1.54, 1.807) is 6.07 Å². The second-order valence-corrected chi connectivity index (χ2v) is 6.05. The third-order valence-corrected chi connectivity index (χ3v) is 4.09. The normalized spacial score (nSPS) is 10.3. The van der Waals surface area contributed by atoms with Crippen molar-refractivity contribution in [1.82, 2.24) is 0 Å². The molecule has 0 aliphatic carbocycles. The van der Waals surface area contributed by atoms with Crippen LogP contribution in [-0.2, 0) is 10.5 Å². The van der Waals surface area contributed by atoms with Crippen LogP contribution >= 0.6 is 23.4 Å². The number of carbonyl (C=O) groups is 1. The molecule has 2 rings (SSSR count). The van der Waals surface area contributed by atoms with Crippen LogP contribution in [0.1, 0.15) is 5.56 Å². The van der Waals surface area contributed by atoms with Crippen molar-refractivity contribution in [3.05, 3.63) is 63.2 Å². The highest BCUT2D eigenvalue weighted by atomic mass is 35.5. The van der Waals surface area contributed by atoms with Crippen molar-refractivity contribution in [1.29, 1.82) is 0 Å². The summed E-state index contributed by atoms with van der Waals surface area (Å²) < 4.78 is 0. The van der Waals surface area contributed by atoms with Gasteiger partial charge in [0.1, 0.15) is 5.75 Å². The summed E-state index contributed by atoms with van der Waals surface area (Å²) in [5, 5.41) is 23.4. The fourth-order valence-corrected chi connectivity index (χ4v) is 2.80. The molecule has 6 nitrogen and oxygen atoms in total. The van der Waals surface area contributed by atoms with Gasteiger partial charge in [0.15, 0.2) is 0 Å². The lowest BCUT2D eigenvalue weighted by molar-refractivity contribution is -0.384. The van der Waals surface area contributed by atoms with Gasteiger partial charge in [-0.05, 0) is 23.8 Å². The first-order chi connectivity index (χ1) is 11.0. The van der Waals surface area contributed by atoms with E-state index in [9.17, 15) is 20.0 Å². The van der Waals surface area contributed by atoms with Gasteiger partial charge in [-0.2, -0.15) is 0 Å². The Morgan fingerprint density at radius 3 is 2.78 bits per heavy atom. The van der Waals surface area contributed by atoms with Gasteiger partial charge in [-0.15, -0.1) is 11.8 Å². The summed E-state index contributed by atoms with van der Waals surface area (Å²) in [7, 11) is 0. The SMILES string of the molecule is O=C(CSCc1cccc(Cl)c1)Nc1cc([N+](=O)[O-])ccc1O. The molecular formula is C15H13ClN2O4S. The summed E-state index contributed by atoms with van der Waals surface area (Å²) in [4.78, 5) is 22.0. The molecule has 0 saturated heterocycles. The Bertz CT molecular complexity index is 739. The van der Waals surface area contributed by atoms with Crippen molar-refractivity contribution in [2.45, 2.75) is 5.75 Å². The molecule has 2 aromatic rings. The van der Waals surface area contributed by atoms with Gasteiger partial charge in [-0.3, -0.25) is 14.9 Å². The smallest absolute Gasteiger partial charge is 0.271 e. The lowest BCUT2D eigenvalue weighted by Gasteiger charge is -2.07. The number of nitrogens with zero attached hydrogens (tertiary/aromatic N) is 1. The van der Waals surface area contributed by atoms with Crippen LogP contribution in [0.3, 0.4) is 0 Å². The Kier molecular flexibility index (Phi) is 5.84. The molecule has 0 spiro atoms. The minimum Gasteiger partial charge on any atom is -0.506 e. The molecule has 0 aliphatic heterocycles. The van der Waals surface area contributed by atoms with Gasteiger partial charge < -0.3 is 10.4 Å². The largest absolute Gasteiger partial charge is 0.506 e. The highest BCUT2D eigenvalue weighted by Gasteiger charge is 2.12. The van der Waals surface area contributed by atoms with Gasteiger partial charge in [-0.1, -0.05) is 23.7 Å². The Morgan fingerprint density at radius 2 is 2.09 bits per heavy atom. The quantitative estimate of drug-likeness (QED) is 0.468. The lowest BCUT2D eigenvalue weighted by atomic mass is 10.2. The van der Waals surface area contributed by atoms with E-state index in [0.29, 0.717) is 10.8 Å². The number of nitro benzene ring substituents is 1. The molecule has 0 atom stereocenters. The number of phenolic OH excluding ortho intramolecular Hbond substituents is 1. The molecule has 0 heterocycles. The molecule has 0 fully saturated rings. The first-order valence-electron chi connectivity index (χ1n) is 6.55. The maximum Gasteiger partial charge on any atom is 0.271 e. The van der Waals surface area contributed by atoms with Gasteiger partial charge in [0.05, 0.1) is 16.4 Å². The number of nitro groups is 1. The summed E-state index contributed by atoms with van der Waals surface area (Å²) in [6.45, 7) is 0. The predicted octanol–water partition coefficient (Wildman–Crippen LogP) is 3.83. The number of nitrogens with one attached hydrogen (secondary N) is 1. The number of phenols is 1. The van der Waals surface area contributed by atoms with Crippen molar-refractivity contribution in [2.24, 2.45) is 0 Å². The minimum atomic E-state index is -0.594. The molecule has 0 aliphatic rings. The average molecular weight is 353 g/mol. The number of amides is 1. The summed E-state index contributed by atoms with van der Waals surface area (Å²) in [6, 6.07) is 10.8. The maximum absolute atomic E-state index is 11.9. The van der Waals surface area contributed by atoms with Gasteiger partial charge in [-0.25, -0.2) is 0 Å². The number of hydrogen-bond donors (Lipinski definition) is 2. The molecular weight excluding hydrogens is 340 g/mol. The third-order valence-electron chi connectivity index (χ3n) is 2.86. The van der Waals surface area contributed by atoms with Crippen LogP contribution in [0.4, 0.5) is 11.4 Å². The van der Waals surface area contributed by atoms with E-state index in [-0.39, 0.29) is 28.8 Å². The number of anilines is 1.